The number of nitrogens with zero attached hydrogens (tertiary/aromatic N) is 2. The first kappa shape index (κ1) is 16.3. The van der Waals surface area contributed by atoms with E-state index in [4.69, 9.17) is 20.9 Å². The van der Waals surface area contributed by atoms with Crippen molar-refractivity contribution >= 4 is 28.5 Å². The molecule has 0 radical (unpaired) electrons. The smallest absolute Gasteiger partial charge is 0.234 e. The highest BCUT2D eigenvalue weighted by molar-refractivity contribution is 6.32. The van der Waals surface area contributed by atoms with Gasteiger partial charge in [-0.05, 0) is 12.1 Å². The maximum atomic E-state index is 11.3. The molecule has 3 aromatic rings. The van der Waals surface area contributed by atoms with Crippen molar-refractivity contribution in [2.75, 3.05) is 6.61 Å². The van der Waals surface area contributed by atoms with Crippen molar-refractivity contribution in [1.29, 1.82) is 0 Å². The van der Waals surface area contributed by atoms with Crippen molar-refractivity contribution in [1.82, 2.24) is 20.4 Å². The fourth-order valence-electron chi connectivity index (χ4n) is 2.21. The van der Waals surface area contributed by atoms with Gasteiger partial charge in [-0.25, -0.2) is 0 Å². The second-order valence-corrected chi connectivity index (χ2v) is 5.63. The number of amides is 1. The summed E-state index contributed by atoms with van der Waals surface area (Å²) in [4.78, 5) is 18.9. The lowest BCUT2D eigenvalue weighted by molar-refractivity contribution is -0.120. The van der Waals surface area contributed by atoms with Crippen molar-refractivity contribution in [2.45, 2.75) is 26.3 Å². The number of hydrogen-bond donors (Lipinski definition) is 2. The molecule has 1 amide bonds. The number of hydrogen-bond acceptors (Lipinski definition) is 5. The van der Waals surface area contributed by atoms with Gasteiger partial charge in [-0.1, -0.05) is 23.7 Å². The van der Waals surface area contributed by atoms with Gasteiger partial charge in [0.1, 0.15) is 16.9 Å². The summed E-state index contributed by atoms with van der Waals surface area (Å²) in [7, 11) is 0. The molecule has 0 atom stereocenters. The molecule has 3 rings (SSSR count). The summed E-state index contributed by atoms with van der Waals surface area (Å²) in [6.07, 6.45) is 2.57. The summed E-state index contributed by atoms with van der Waals surface area (Å²) < 4.78 is 10.4. The number of aromatic nitrogens is 3. The fraction of sp³-hybridized carbons (Fsp3) is 0.312. The van der Waals surface area contributed by atoms with Crippen LogP contribution in [0.25, 0.3) is 11.0 Å². The van der Waals surface area contributed by atoms with E-state index in [0.29, 0.717) is 42.5 Å². The molecule has 0 bridgehead atoms. The van der Waals surface area contributed by atoms with Crippen LogP contribution in [0.1, 0.15) is 24.7 Å². The summed E-state index contributed by atoms with van der Waals surface area (Å²) in [5.74, 6) is 0.357. The van der Waals surface area contributed by atoms with Gasteiger partial charge in [-0.3, -0.25) is 4.79 Å². The molecule has 0 unspecified atom stereocenters. The van der Waals surface area contributed by atoms with Gasteiger partial charge >= 0.3 is 0 Å². The van der Waals surface area contributed by atoms with Crippen LogP contribution in [-0.4, -0.2) is 27.6 Å². The number of pyridine rings is 1. The van der Waals surface area contributed by atoms with Gasteiger partial charge in [0.15, 0.2) is 0 Å². The molecule has 3 aromatic heterocycles. The van der Waals surface area contributed by atoms with E-state index in [0.717, 1.165) is 16.8 Å². The number of rotatable bonds is 7. The Hall–Kier alpha value is -2.54. The average Bonchev–Trinajstić information content (AvgIpc) is 3.22. The molecular weight excluding hydrogens is 332 g/mol. The fourth-order valence-corrected chi connectivity index (χ4v) is 2.42. The Morgan fingerprint density at radius 1 is 1.46 bits per heavy atom. The van der Waals surface area contributed by atoms with Gasteiger partial charge in [-0.2, -0.15) is 4.98 Å². The Labute approximate surface area is 143 Å². The predicted octanol–water partition coefficient (Wildman–Crippen LogP) is 2.85. The lowest BCUT2D eigenvalue weighted by Gasteiger charge is -2.05. The van der Waals surface area contributed by atoms with Crippen molar-refractivity contribution in [3.8, 4) is 5.88 Å². The van der Waals surface area contributed by atoms with Gasteiger partial charge < -0.3 is 19.6 Å². The summed E-state index contributed by atoms with van der Waals surface area (Å²) >= 11 is 6.22. The van der Waals surface area contributed by atoms with Crippen LogP contribution in [0.4, 0.5) is 0 Å². The van der Waals surface area contributed by atoms with Gasteiger partial charge in [-0.15, -0.1) is 0 Å². The molecule has 8 heteroatoms. The molecular formula is C16H17ClN4O3. The minimum atomic E-state index is -0.00322. The van der Waals surface area contributed by atoms with E-state index < -0.39 is 0 Å². The molecule has 0 saturated carbocycles. The van der Waals surface area contributed by atoms with E-state index in [-0.39, 0.29) is 5.91 Å². The van der Waals surface area contributed by atoms with Crippen LogP contribution in [0.15, 0.2) is 29.0 Å². The number of carbonyl (C=O) groups is 1. The van der Waals surface area contributed by atoms with E-state index in [1.165, 1.54) is 6.26 Å². The number of ether oxygens (including phenoxy) is 1. The summed E-state index contributed by atoms with van der Waals surface area (Å²) in [5.41, 5.74) is 2.33. The lowest BCUT2D eigenvalue weighted by atomic mass is 10.3. The van der Waals surface area contributed by atoms with Crippen LogP contribution in [0.5, 0.6) is 5.88 Å². The maximum absolute atomic E-state index is 11.3. The zero-order valence-corrected chi connectivity index (χ0v) is 13.9. The molecule has 0 aliphatic heterocycles. The van der Waals surface area contributed by atoms with Gasteiger partial charge in [0, 0.05) is 30.0 Å². The largest absolute Gasteiger partial charge is 0.476 e. The summed E-state index contributed by atoms with van der Waals surface area (Å²) in [5, 5.41) is 7.93. The molecule has 0 aromatic carbocycles. The van der Waals surface area contributed by atoms with Crippen molar-refractivity contribution in [3.05, 3.63) is 40.9 Å². The van der Waals surface area contributed by atoms with Crippen LogP contribution >= 0.6 is 11.6 Å². The van der Waals surface area contributed by atoms with Crippen LogP contribution in [-0.2, 0) is 17.8 Å². The van der Waals surface area contributed by atoms with E-state index in [2.05, 4.69) is 20.4 Å². The minimum absolute atomic E-state index is 0.00322. The van der Waals surface area contributed by atoms with Gasteiger partial charge in [0.25, 0.3) is 0 Å². The zero-order valence-electron chi connectivity index (χ0n) is 13.1. The number of H-pyrrole nitrogens is 1. The molecule has 0 spiro atoms. The van der Waals surface area contributed by atoms with Crippen molar-refractivity contribution < 1.29 is 14.1 Å². The highest BCUT2D eigenvalue weighted by atomic mass is 35.5. The quantitative estimate of drug-likeness (QED) is 0.684. The number of nitrogens with one attached hydrogen (secondary N) is 2. The van der Waals surface area contributed by atoms with Crippen molar-refractivity contribution in [3.63, 3.8) is 0 Å². The Kier molecular flexibility index (Phi) is 5.00. The van der Waals surface area contributed by atoms with E-state index >= 15 is 0 Å². The number of halogens is 1. The van der Waals surface area contributed by atoms with Crippen LogP contribution < -0.4 is 10.1 Å². The van der Waals surface area contributed by atoms with E-state index in [1.807, 2.05) is 13.0 Å². The number of aromatic amines is 1. The molecule has 0 aliphatic carbocycles. The normalized spacial score (nSPS) is 10.9. The Morgan fingerprint density at radius 2 is 2.33 bits per heavy atom. The summed E-state index contributed by atoms with van der Waals surface area (Å²) in [6, 6.07) is 5.48. The molecule has 0 saturated heterocycles. The third kappa shape index (κ3) is 3.86. The topological polar surface area (TPSA) is 93.0 Å². The first-order valence-corrected chi connectivity index (χ1v) is 8.00. The molecule has 0 aliphatic rings. The number of fused-ring (bicyclic) bond motifs is 1. The van der Waals surface area contributed by atoms with Crippen LogP contribution in [0.3, 0.4) is 0 Å². The van der Waals surface area contributed by atoms with E-state index in [9.17, 15) is 4.79 Å². The SMILES string of the molecule is CCC(=O)NCc1cc2cc(Cl)c(OCCc3ccon3)nc2[nH]1. The number of carbonyl (C=O) groups excluding carboxylic acids is 1. The highest BCUT2D eigenvalue weighted by Gasteiger charge is 2.10. The minimum Gasteiger partial charge on any atom is -0.476 e. The highest BCUT2D eigenvalue weighted by Crippen LogP contribution is 2.27. The predicted molar refractivity (Wildman–Crippen MR) is 88.9 cm³/mol. The third-order valence-electron chi connectivity index (χ3n) is 3.47. The van der Waals surface area contributed by atoms with Crippen LogP contribution in [0, 0.1) is 0 Å². The van der Waals surface area contributed by atoms with Crippen molar-refractivity contribution in [2.24, 2.45) is 0 Å². The standard InChI is InChI=1S/C16H17ClN4O3/c1-2-14(22)18-9-12-7-10-8-13(17)16(20-15(10)19-12)23-5-3-11-4-6-24-21-11/h4,6-8H,2-3,5,9H2,1H3,(H,18,22)(H,19,20). The summed E-state index contributed by atoms with van der Waals surface area (Å²) in [6.45, 7) is 2.62. The molecule has 3 heterocycles. The molecule has 126 valence electrons. The van der Waals surface area contributed by atoms with E-state index in [1.54, 1.807) is 12.1 Å². The second-order valence-electron chi connectivity index (χ2n) is 5.23. The monoisotopic (exact) mass is 348 g/mol. The molecule has 7 nitrogen and oxygen atoms in total. The first-order chi connectivity index (χ1) is 11.7. The average molecular weight is 349 g/mol. The van der Waals surface area contributed by atoms with Crippen LogP contribution in [0.2, 0.25) is 5.02 Å². The lowest BCUT2D eigenvalue weighted by Crippen LogP contribution is -2.21. The molecule has 0 fully saturated rings. The maximum Gasteiger partial charge on any atom is 0.234 e. The zero-order chi connectivity index (χ0) is 16.9. The third-order valence-corrected chi connectivity index (χ3v) is 3.74. The Bertz CT molecular complexity index is 829. The Morgan fingerprint density at radius 3 is 3.08 bits per heavy atom. The molecule has 2 N–H and O–H groups in total. The van der Waals surface area contributed by atoms with Gasteiger partial charge in [0.05, 0.1) is 18.8 Å². The molecule has 24 heavy (non-hydrogen) atoms. The van der Waals surface area contributed by atoms with Gasteiger partial charge in [0.2, 0.25) is 11.8 Å². The first-order valence-electron chi connectivity index (χ1n) is 7.62. The Balaban J connectivity index is 1.67. The second kappa shape index (κ2) is 7.35.